The molecule has 0 radical (unpaired) electrons. The summed E-state index contributed by atoms with van der Waals surface area (Å²) in [4.78, 5) is 26.3. The molecule has 8 heteroatoms. The van der Waals surface area contributed by atoms with Crippen LogP contribution in [-0.2, 0) is 11.8 Å². The number of carboxylic acids is 1. The highest BCUT2D eigenvalue weighted by molar-refractivity contribution is 6.03. The minimum Gasteiger partial charge on any atom is -0.478 e. The van der Waals surface area contributed by atoms with Crippen LogP contribution in [0.1, 0.15) is 23.7 Å². The van der Waals surface area contributed by atoms with E-state index in [-0.39, 0.29) is 18.0 Å². The van der Waals surface area contributed by atoms with Gasteiger partial charge in [-0.1, -0.05) is 0 Å². The maximum atomic E-state index is 11.3. The fourth-order valence-electron chi connectivity index (χ4n) is 2.01. The van der Waals surface area contributed by atoms with E-state index in [2.05, 4.69) is 15.4 Å². The second kappa shape index (κ2) is 5.16. The fraction of sp³-hybridized carbons (Fsp3) is 0.333. The van der Waals surface area contributed by atoms with E-state index in [1.165, 1.54) is 12.4 Å². The quantitative estimate of drug-likeness (QED) is 0.724. The maximum Gasteiger partial charge on any atom is 0.339 e. The van der Waals surface area contributed by atoms with Gasteiger partial charge in [-0.2, -0.15) is 5.10 Å². The number of nitrogens with zero attached hydrogens (tertiary/aromatic N) is 3. The first-order valence-corrected chi connectivity index (χ1v) is 5.99. The molecule has 2 rings (SSSR count). The van der Waals surface area contributed by atoms with Gasteiger partial charge in [-0.25, -0.2) is 9.78 Å². The van der Waals surface area contributed by atoms with Crippen molar-refractivity contribution >= 4 is 28.6 Å². The molecule has 0 aliphatic heterocycles. The van der Waals surface area contributed by atoms with Crippen molar-refractivity contribution in [2.75, 3.05) is 5.32 Å². The molecule has 4 N–H and O–H groups in total. The SMILES string of the molecule is CC(CC(N)=O)Nc1c(C(=O)O)cnc2c1cnn2C. The number of aryl methyl sites for hydroxylation is 1. The van der Waals surface area contributed by atoms with E-state index in [4.69, 9.17) is 5.73 Å². The van der Waals surface area contributed by atoms with Crippen molar-refractivity contribution in [1.82, 2.24) is 14.8 Å². The van der Waals surface area contributed by atoms with Gasteiger partial charge in [-0.3, -0.25) is 9.48 Å². The third kappa shape index (κ3) is 2.53. The average molecular weight is 277 g/mol. The Kier molecular flexibility index (Phi) is 3.55. The Morgan fingerprint density at radius 1 is 1.50 bits per heavy atom. The van der Waals surface area contributed by atoms with E-state index in [0.29, 0.717) is 16.7 Å². The topological polar surface area (TPSA) is 123 Å². The highest BCUT2D eigenvalue weighted by atomic mass is 16.4. The molecule has 1 unspecified atom stereocenters. The Labute approximate surface area is 114 Å². The van der Waals surface area contributed by atoms with E-state index in [9.17, 15) is 14.7 Å². The molecule has 0 saturated heterocycles. The molecule has 2 aromatic heterocycles. The number of nitrogens with one attached hydrogen (secondary N) is 1. The highest BCUT2D eigenvalue weighted by Gasteiger charge is 2.18. The molecule has 0 aliphatic carbocycles. The van der Waals surface area contributed by atoms with Gasteiger partial charge in [0.25, 0.3) is 0 Å². The summed E-state index contributed by atoms with van der Waals surface area (Å²) < 4.78 is 1.55. The van der Waals surface area contributed by atoms with Crippen molar-refractivity contribution in [2.24, 2.45) is 12.8 Å². The number of nitrogens with two attached hydrogens (primary N) is 1. The molecule has 0 aliphatic rings. The van der Waals surface area contributed by atoms with Gasteiger partial charge < -0.3 is 16.2 Å². The summed E-state index contributed by atoms with van der Waals surface area (Å²) in [7, 11) is 1.71. The van der Waals surface area contributed by atoms with E-state index >= 15 is 0 Å². The van der Waals surface area contributed by atoms with Crippen LogP contribution in [0.2, 0.25) is 0 Å². The predicted octanol–water partition coefficient (Wildman–Crippen LogP) is 0.342. The van der Waals surface area contributed by atoms with Gasteiger partial charge in [-0.05, 0) is 6.92 Å². The number of hydrogen-bond acceptors (Lipinski definition) is 5. The smallest absolute Gasteiger partial charge is 0.339 e. The Balaban J connectivity index is 2.49. The lowest BCUT2D eigenvalue weighted by Gasteiger charge is -2.16. The molecule has 0 saturated carbocycles. The molecule has 1 amide bonds. The third-order valence-corrected chi connectivity index (χ3v) is 2.89. The van der Waals surface area contributed by atoms with Crippen molar-refractivity contribution in [1.29, 1.82) is 0 Å². The van der Waals surface area contributed by atoms with Gasteiger partial charge in [0.1, 0.15) is 5.56 Å². The molecule has 1 atom stereocenters. The second-order valence-electron chi connectivity index (χ2n) is 4.57. The number of fused-ring (bicyclic) bond motifs is 1. The second-order valence-corrected chi connectivity index (χ2v) is 4.57. The number of carboxylic acid groups (broad SMARTS) is 1. The van der Waals surface area contributed by atoms with Crippen LogP contribution in [0, 0.1) is 0 Å². The minimum atomic E-state index is -1.10. The summed E-state index contributed by atoms with van der Waals surface area (Å²) in [6.45, 7) is 1.75. The van der Waals surface area contributed by atoms with E-state index in [0.717, 1.165) is 0 Å². The molecule has 2 aromatic rings. The van der Waals surface area contributed by atoms with Crippen LogP contribution in [0.4, 0.5) is 5.69 Å². The summed E-state index contributed by atoms with van der Waals surface area (Å²) in [5.41, 5.74) is 6.12. The molecule has 0 spiro atoms. The first-order chi connectivity index (χ1) is 9.40. The van der Waals surface area contributed by atoms with Crippen molar-refractivity contribution in [3.63, 3.8) is 0 Å². The molecule has 8 nitrogen and oxygen atoms in total. The zero-order valence-electron chi connectivity index (χ0n) is 11.1. The van der Waals surface area contributed by atoms with Crippen molar-refractivity contribution in [3.8, 4) is 0 Å². The highest BCUT2D eigenvalue weighted by Crippen LogP contribution is 2.26. The Morgan fingerprint density at radius 2 is 2.20 bits per heavy atom. The van der Waals surface area contributed by atoms with Gasteiger partial charge >= 0.3 is 5.97 Å². The fourth-order valence-corrected chi connectivity index (χ4v) is 2.01. The predicted molar refractivity (Wildman–Crippen MR) is 72.4 cm³/mol. The Hall–Kier alpha value is -2.64. The lowest BCUT2D eigenvalue weighted by Crippen LogP contribution is -2.25. The van der Waals surface area contributed by atoms with Gasteiger partial charge in [0.15, 0.2) is 5.65 Å². The summed E-state index contributed by atoms with van der Waals surface area (Å²) in [6.07, 6.45) is 2.91. The van der Waals surface area contributed by atoms with Crippen LogP contribution < -0.4 is 11.1 Å². The molecule has 0 fully saturated rings. The standard InChI is InChI=1S/C12H15N5O3/c1-6(3-9(13)18)16-10-7-5-15-17(2)11(7)14-4-8(10)12(19)20/h4-6H,3H2,1-2H3,(H2,13,18)(H,14,16)(H,19,20). The number of primary amides is 1. The van der Waals surface area contributed by atoms with Crippen LogP contribution in [-0.4, -0.2) is 37.8 Å². The van der Waals surface area contributed by atoms with Crippen molar-refractivity contribution < 1.29 is 14.7 Å². The zero-order valence-corrected chi connectivity index (χ0v) is 11.1. The first kappa shape index (κ1) is 13.8. The van der Waals surface area contributed by atoms with Crippen molar-refractivity contribution in [3.05, 3.63) is 18.0 Å². The van der Waals surface area contributed by atoms with Crippen LogP contribution >= 0.6 is 0 Å². The molecule has 106 valence electrons. The number of carbonyl (C=O) groups is 2. The summed E-state index contributed by atoms with van der Waals surface area (Å²) in [5.74, 6) is -1.56. The lowest BCUT2D eigenvalue weighted by atomic mass is 10.1. The molecule has 0 bridgehead atoms. The number of anilines is 1. The van der Waals surface area contributed by atoms with Gasteiger partial charge in [0, 0.05) is 25.7 Å². The molecule has 2 heterocycles. The van der Waals surface area contributed by atoms with Crippen LogP contribution in [0.15, 0.2) is 12.4 Å². The number of hydrogen-bond donors (Lipinski definition) is 3. The van der Waals surface area contributed by atoms with E-state index in [1.807, 2.05) is 0 Å². The summed E-state index contributed by atoms with van der Waals surface area (Å²) in [5, 5.41) is 16.9. The Bertz CT molecular complexity index is 679. The monoisotopic (exact) mass is 277 g/mol. The van der Waals surface area contributed by atoms with E-state index in [1.54, 1.807) is 18.7 Å². The van der Waals surface area contributed by atoms with Crippen molar-refractivity contribution in [2.45, 2.75) is 19.4 Å². The van der Waals surface area contributed by atoms with Crippen LogP contribution in [0.3, 0.4) is 0 Å². The number of rotatable bonds is 5. The number of aromatic nitrogens is 3. The largest absolute Gasteiger partial charge is 0.478 e. The summed E-state index contributed by atoms with van der Waals surface area (Å²) >= 11 is 0. The molecular formula is C12H15N5O3. The number of carbonyl (C=O) groups excluding carboxylic acids is 1. The Morgan fingerprint density at radius 3 is 2.80 bits per heavy atom. The van der Waals surface area contributed by atoms with E-state index < -0.39 is 11.9 Å². The van der Waals surface area contributed by atoms with Gasteiger partial charge in [0.2, 0.25) is 5.91 Å². The van der Waals surface area contributed by atoms with Crippen LogP contribution in [0.25, 0.3) is 11.0 Å². The first-order valence-electron chi connectivity index (χ1n) is 5.99. The number of pyridine rings is 1. The maximum absolute atomic E-state index is 11.3. The number of amides is 1. The molecular weight excluding hydrogens is 262 g/mol. The van der Waals surface area contributed by atoms with Gasteiger partial charge in [-0.15, -0.1) is 0 Å². The zero-order chi connectivity index (χ0) is 14.9. The third-order valence-electron chi connectivity index (χ3n) is 2.89. The molecule has 0 aromatic carbocycles. The normalized spacial score (nSPS) is 12.3. The number of aromatic carboxylic acids is 1. The van der Waals surface area contributed by atoms with Gasteiger partial charge in [0.05, 0.1) is 17.3 Å². The lowest BCUT2D eigenvalue weighted by molar-refractivity contribution is -0.118. The van der Waals surface area contributed by atoms with Crippen LogP contribution in [0.5, 0.6) is 0 Å². The minimum absolute atomic E-state index is 0.0295. The average Bonchev–Trinajstić information content (AvgIpc) is 2.70. The molecule has 20 heavy (non-hydrogen) atoms. The summed E-state index contributed by atoms with van der Waals surface area (Å²) in [6, 6.07) is -0.295.